The highest BCUT2D eigenvalue weighted by atomic mass is 15.2. The molecule has 1 saturated heterocycles. The van der Waals surface area contributed by atoms with Crippen LogP contribution >= 0.6 is 0 Å². The number of nitrogens with one attached hydrogen (secondary N) is 2. The van der Waals surface area contributed by atoms with Gasteiger partial charge in [-0.3, -0.25) is 4.98 Å². The third kappa shape index (κ3) is 2.92. The molecule has 5 heterocycles. The maximum Gasteiger partial charge on any atom is 0.163 e. The van der Waals surface area contributed by atoms with Crippen molar-refractivity contribution in [1.82, 2.24) is 30.2 Å². The topological polar surface area (TPSA) is 82.6 Å². The summed E-state index contributed by atoms with van der Waals surface area (Å²) < 4.78 is 0. The highest BCUT2D eigenvalue weighted by Crippen LogP contribution is 2.40. The van der Waals surface area contributed by atoms with Gasteiger partial charge in [-0.25, -0.2) is 15.0 Å². The fourth-order valence-electron chi connectivity index (χ4n) is 5.02. The second kappa shape index (κ2) is 7.32. The van der Waals surface area contributed by atoms with Crippen LogP contribution in [0.3, 0.4) is 0 Å². The van der Waals surface area contributed by atoms with Crippen LogP contribution in [0, 0.1) is 0 Å². The summed E-state index contributed by atoms with van der Waals surface area (Å²) in [5.74, 6) is 2.37. The van der Waals surface area contributed by atoms with Crippen LogP contribution in [-0.2, 0) is 0 Å². The number of hydrogen-bond donors (Lipinski definition) is 2. The molecule has 2 aliphatic rings. The molecule has 2 N–H and O–H groups in total. The summed E-state index contributed by atoms with van der Waals surface area (Å²) in [5.41, 5.74) is 4.13. The second-order valence-electron chi connectivity index (χ2n) is 8.31. The molecule has 1 aliphatic carbocycles. The second-order valence-corrected chi connectivity index (χ2v) is 8.31. The van der Waals surface area contributed by atoms with Crippen LogP contribution in [0.5, 0.6) is 0 Å². The lowest BCUT2D eigenvalue weighted by Crippen LogP contribution is -2.44. The molecule has 0 aromatic carbocycles. The summed E-state index contributed by atoms with van der Waals surface area (Å²) in [6.45, 7) is 3.85. The van der Waals surface area contributed by atoms with Crippen LogP contribution in [0.1, 0.15) is 37.2 Å². The molecular formula is C23H25N7. The predicted molar refractivity (Wildman–Crippen MR) is 119 cm³/mol. The Labute approximate surface area is 175 Å². The molecule has 0 bridgehead atoms. The van der Waals surface area contributed by atoms with Gasteiger partial charge in [-0.1, -0.05) is 12.8 Å². The predicted octanol–water partition coefficient (Wildman–Crippen LogP) is 3.64. The quantitative estimate of drug-likeness (QED) is 0.547. The van der Waals surface area contributed by atoms with E-state index in [0.29, 0.717) is 5.92 Å². The molecular weight excluding hydrogens is 374 g/mol. The van der Waals surface area contributed by atoms with Crippen molar-refractivity contribution in [3.05, 3.63) is 42.5 Å². The molecule has 7 nitrogen and oxygen atoms in total. The summed E-state index contributed by atoms with van der Waals surface area (Å²) >= 11 is 0. The van der Waals surface area contributed by atoms with Gasteiger partial charge >= 0.3 is 0 Å². The van der Waals surface area contributed by atoms with E-state index in [0.717, 1.165) is 59.9 Å². The number of anilines is 1. The Morgan fingerprint density at radius 3 is 2.73 bits per heavy atom. The molecule has 2 fully saturated rings. The Morgan fingerprint density at radius 2 is 1.87 bits per heavy atom. The lowest BCUT2D eigenvalue weighted by molar-refractivity contribution is 0.586. The minimum absolute atomic E-state index is 0.564. The zero-order valence-electron chi connectivity index (χ0n) is 16.9. The van der Waals surface area contributed by atoms with Crippen molar-refractivity contribution in [3.63, 3.8) is 0 Å². The van der Waals surface area contributed by atoms with Gasteiger partial charge in [0.1, 0.15) is 11.5 Å². The lowest BCUT2D eigenvalue weighted by Gasteiger charge is -2.30. The minimum atomic E-state index is 0.564. The van der Waals surface area contributed by atoms with E-state index in [-0.39, 0.29) is 0 Å². The van der Waals surface area contributed by atoms with Crippen molar-refractivity contribution in [2.24, 2.45) is 0 Å². The highest BCUT2D eigenvalue weighted by molar-refractivity contribution is 5.97. The number of nitrogens with zero attached hydrogens (tertiary/aromatic N) is 5. The van der Waals surface area contributed by atoms with Gasteiger partial charge in [0.25, 0.3) is 0 Å². The molecule has 6 rings (SSSR count). The summed E-state index contributed by atoms with van der Waals surface area (Å²) in [6.07, 6.45) is 12.8. The largest absolute Gasteiger partial charge is 0.353 e. The summed E-state index contributed by atoms with van der Waals surface area (Å²) in [4.78, 5) is 24.8. The van der Waals surface area contributed by atoms with Crippen LogP contribution in [0.4, 0.5) is 5.82 Å². The Kier molecular flexibility index (Phi) is 4.34. The Bertz CT molecular complexity index is 1200. The number of rotatable bonds is 3. The van der Waals surface area contributed by atoms with Crippen molar-refractivity contribution < 1.29 is 0 Å². The van der Waals surface area contributed by atoms with Crippen LogP contribution in [0.2, 0.25) is 0 Å². The monoisotopic (exact) mass is 399 g/mol. The highest BCUT2D eigenvalue weighted by Gasteiger charge is 2.25. The summed E-state index contributed by atoms with van der Waals surface area (Å²) in [7, 11) is 0. The molecule has 0 spiro atoms. The Hall–Kier alpha value is -3.06. The number of pyridine rings is 2. The zero-order chi connectivity index (χ0) is 19.9. The molecule has 0 atom stereocenters. The smallest absolute Gasteiger partial charge is 0.163 e. The first-order valence-corrected chi connectivity index (χ1v) is 10.9. The third-order valence-corrected chi connectivity index (χ3v) is 6.53. The third-order valence-electron chi connectivity index (χ3n) is 6.53. The van der Waals surface area contributed by atoms with Gasteiger partial charge in [-0.15, -0.1) is 0 Å². The van der Waals surface area contributed by atoms with Gasteiger partial charge in [-0.05, 0) is 36.5 Å². The summed E-state index contributed by atoms with van der Waals surface area (Å²) in [5, 5.41) is 5.70. The van der Waals surface area contributed by atoms with E-state index in [1.165, 1.54) is 36.6 Å². The Morgan fingerprint density at radius 1 is 1.00 bits per heavy atom. The zero-order valence-corrected chi connectivity index (χ0v) is 16.9. The molecule has 0 radical (unpaired) electrons. The van der Waals surface area contributed by atoms with Crippen molar-refractivity contribution in [3.8, 4) is 11.4 Å². The maximum absolute atomic E-state index is 5.17. The van der Waals surface area contributed by atoms with E-state index in [1.54, 1.807) is 0 Å². The SMILES string of the molecule is c1cc(-c2nc(N3CCNCC3)c3c(C4CCCC4)cncc3n2)c2cc[nH]c2n1. The first kappa shape index (κ1) is 17.8. The molecule has 0 amide bonds. The average Bonchev–Trinajstić information content (AvgIpc) is 3.50. The fraction of sp³-hybridized carbons (Fsp3) is 0.391. The fourth-order valence-corrected chi connectivity index (χ4v) is 5.02. The molecule has 0 unspecified atom stereocenters. The van der Waals surface area contributed by atoms with Gasteiger partial charge in [0.05, 0.1) is 11.7 Å². The van der Waals surface area contributed by atoms with Gasteiger partial charge in [-0.2, -0.15) is 0 Å². The van der Waals surface area contributed by atoms with Gasteiger partial charge in [0.15, 0.2) is 5.82 Å². The maximum atomic E-state index is 5.17. The molecule has 1 saturated carbocycles. The number of H-pyrrole nitrogens is 1. The lowest BCUT2D eigenvalue weighted by atomic mass is 9.95. The number of hydrogen-bond acceptors (Lipinski definition) is 6. The summed E-state index contributed by atoms with van der Waals surface area (Å²) in [6, 6.07) is 4.05. The molecule has 4 aromatic rings. The molecule has 7 heteroatoms. The molecule has 30 heavy (non-hydrogen) atoms. The van der Waals surface area contributed by atoms with E-state index < -0.39 is 0 Å². The van der Waals surface area contributed by atoms with Crippen LogP contribution in [0.15, 0.2) is 36.9 Å². The molecule has 152 valence electrons. The van der Waals surface area contributed by atoms with Crippen molar-refractivity contribution in [2.45, 2.75) is 31.6 Å². The van der Waals surface area contributed by atoms with E-state index in [4.69, 9.17) is 9.97 Å². The van der Waals surface area contributed by atoms with E-state index >= 15 is 0 Å². The standard InChI is InChI=1S/C23H25N7/c1-2-4-15(3-1)18-13-25-14-19-20(18)23(30-11-9-24-10-12-30)29-22(28-19)17-6-8-27-21-16(17)5-7-26-21/h5-8,13-15,24H,1-4,9-12H2,(H,26,27). The van der Waals surface area contributed by atoms with E-state index in [9.17, 15) is 0 Å². The van der Waals surface area contributed by atoms with Crippen LogP contribution in [0.25, 0.3) is 33.3 Å². The Balaban J connectivity index is 1.60. The van der Waals surface area contributed by atoms with Crippen molar-refractivity contribution in [1.29, 1.82) is 0 Å². The molecule has 4 aromatic heterocycles. The van der Waals surface area contributed by atoms with E-state index in [2.05, 4.69) is 31.4 Å². The number of aromatic amines is 1. The number of piperazine rings is 1. The number of aromatic nitrogens is 5. The normalized spacial score (nSPS) is 17.9. The molecule has 1 aliphatic heterocycles. The van der Waals surface area contributed by atoms with Crippen molar-refractivity contribution >= 4 is 27.8 Å². The van der Waals surface area contributed by atoms with Gasteiger partial charge in [0, 0.05) is 61.1 Å². The van der Waals surface area contributed by atoms with E-state index in [1.807, 2.05) is 30.7 Å². The van der Waals surface area contributed by atoms with Gasteiger partial charge < -0.3 is 15.2 Å². The first-order chi connectivity index (χ1) is 14.9. The van der Waals surface area contributed by atoms with Crippen LogP contribution in [-0.4, -0.2) is 51.1 Å². The number of fused-ring (bicyclic) bond motifs is 2. The van der Waals surface area contributed by atoms with Crippen LogP contribution < -0.4 is 10.2 Å². The first-order valence-electron chi connectivity index (χ1n) is 10.9. The average molecular weight is 400 g/mol. The van der Waals surface area contributed by atoms with Gasteiger partial charge in [0.2, 0.25) is 0 Å². The minimum Gasteiger partial charge on any atom is -0.353 e. The van der Waals surface area contributed by atoms with Crippen molar-refractivity contribution in [2.75, 3.05) is 31.1 Å².